The first kappa shape index (κ1) is 17.5. The zero-order valence-corrected chi connectivity index (χ0v) is 14.0. The molecule has 1 atom stereocenters. The van der Waals surface area contributed by atoms with Gasteiger partial charge in [-0.3, -0.25) is 4.79 Å². The van der Waals surface area contributed by atoms with Crippen LogP contribution in [0.1, 0.15) is 54.8 Å². The molecule has 1 saturated carbocycles. The highest BCUT2D eigenvalue weighted by atomic mass is 19.3. The molecular formula is C17H20F2N4O2. The van der Waals surface area contributed by atoms with Gasteiger partial charge in [0.15, 0.2) is 5.82 Å². The highest BCUT2D eigenvalue weighted by Crippen LogP contribution is 2.47. The van der Waals surface area contributed by atoms with Crippen molar-refractivity contribution in [1.82, 2.24) is 15.5 Å². The fraction of sp³-hybridized carbons (Fsp3) is 0.471. The number of amides is 1. The predicted molar refractivity (Wildman–Crippen MR) is 85.8 cm³/mol. The van der Waals surface area contributed by atoms with Crippen molar-refractivity contribution in [3.05, 3.63) is 47.6 Å². The number of hydrogen-bond donors (Lipinski definition) is 2. The van der Waals surface area contributed by atoms with E-state index < -0.39 is 17.5 Å². The molecule has 1 aromatic heterocycles. The maximum absolute atomic E-state index is 13.0. The summed E-state index contributed by atoms with van der Waals surface area (Å²) in [6.45, 7) is 3.46. The van der Waals surface area contributed by atoms with Crippen molar-refractivity contribution in [2.24, 2.45) is 11.7 Å². The van der Waals surface area contributed by atoms with Crippen LogP contribution in [0.2, 0.25) is 0 Å². The van der Waals surface area contributed by atoms with E-state index in [0.29, 0.717) is 5.56 Å². The van der Waals surface area contributed by atoms with Crippen molar-refractivity contribution in [2.45, 2.75) is 44.2 Å². The van der Waals surface area contributed by atoms with E-state index >= 15 is 0 Å². The number of carbonyl (C=O) groups is 1. The van der Waals surface area contributed by atoms with Gasteiger partial charge in [0.25, 0.3) is 5.91 Å². The van der Waals surface area contributed by atoms with E-state index in [4.69, 9.17) is 10.3 Å². The van der Waals surface area contributed by atoms with Crippen molar-refractivity contribution < 1.29 is 18.1 Å². The van der Waals surface area contributed by atoms with Crippen LogP contribution in [0.5, 0.6) is 0 Å². The summed E-state index contributed by atoms with van der Waals surface area (Å²) in [5.41, 5.74) is 5.56. The smallest absolute Gasteiger partial charge is 0.252 e. The van der Waals surface area contributed by atoms with Gasteiger partial charge in [0.05, 0.1) is 11.6 Å². The summed E-state index contributed by atoms with van der Waals surface area (Å²) in [6.07, 6.45) is -0.556. The van der Waals surface area contributed by atoms with Gasteiger partial charge in [0.2, 0.25) is 11.8 Å². The minimum atomic E-state index is -2.66. The fourth-order valence-electron chi connectivity index (χ4n) is 2.79. The van der Waals surface area contributed by atoms with Crippen molar-refractivity contribution >= 4 is 5.91 Å². The number of alkyl halides is 2. The Balaban J connectivity index is 1.69. The minimum Gasteiger partial charge on any atom is -0.340 e. The first-order valence-electron chi connectivity index (χ1n) is 8.03. The van der Waals surface area contributed by atoms with E-state index in [-0.39, 0.29) is 36.4 Å². The molecular weight excluding hydrogens is 330 g/mol. The monoisotopic (exact) mass is 350 g/mol. The molecule has 8 heteroatoms. The Morgan fingerprint density at radius 1 is 1.36 bits per heavy atom. The van der Waals surface area contributed by atoms with Crippen molar-refractivity contribution in [2.75, 3.05) is 0 Å². The molecule has 0 aliphatic heterocycles. The van der Waals surface area contributed by atoms with Crippen LogP contribution in [0, 0.1) is 5.92 Å². The zero-order chi connectivity index (χ0) is 18.2. The average molecular weight is 350 g/mol. The van der Waals surface area contributed by atoms with Crippen LogP contribution in [-0.2, 0) is 5.54 Å². The lowest BCUT2D eigenvalue weighted by Crippen LogP contribution is -2.42. The van der Waals surface area contributed by atoms with Gasteiger partial charge in [0, 0.05) is 18.4 Å². The molecule has 0 saturated heterocycles. The van der Waals surface area contributed by atoms with Gasteiger partial charge in [-0.2, -0.15) is 4.98 Å². The number of nitrogens with two attached hydrogens (primary N) is 1. The highest BCUT2D eigenvalue weighted by Gasteiger charge is 2.49. The van der Waals surface area contributed by atoms with Gasteiger partial charge in [0.1, 0.15) is 0 Å². The summed E-state index contributed by atoms with van der Waals surface area (Å²) in [5.74, 6) is -2.97. The van der Waals surface area contributed by atoms with Crippen LogP contribution in [0.15, 0.2) is 34.9 Å². The molecule has 134 valence electrons. The number of aromatic nitrogens is 2. The quantitative estimate of drug-likeness (QED) is 0.865. The van der Waals surface area contributed by atoms with E-state index in [2.05, 4.69) is 15.5 Å². The molecule has 2 aromatic rings. The average Bonchev–Trinajstić information content (AvgIpc) is 3.03. The van der Waals surface area contributed by atoms with E-state index in [1.807, 2.05) is 6.07 Å². The van der Waals surface area contributed by atoms with Crippen molar-refractivity contribution in [3.63, 3.8) is 0 Å². The lowest BCUT2D eigenvalue weighted by Gasteiger charge is -2.37. The number of benzene rings is 1. The minimum absolute atomic E-state index is 0.109. The van der Waals surface area contributed by atoms with Gasteiger partial charge in [-0.15, -0.1) is 0 Å². The predicted octanol–water partition coefficient (Wildman–Crippen LogP) is 2.78. The Bertz CT molecular complexity index is 753. The molecule has 0 bridgehead atoms. The molecule has 1 amide bonds. The topological polar surface area (TPSA) is 94.0 Å². The molecule has 6 nitrogen and oxygen atoms in total. The largest absolute Gasteiger partial charge is 0.340 e. The number of nitrogens with one attached hydrogen (secondary N) is 1. The van der Waals surface area contributed by atoms with E-state index in [1.165, 1.54) is 0 Å². The molecule has 1 unspecified atom stereocenters. The number of carbonyl (C=O) groups excluding carboxylic acids is 1. The summed E-state index contributed by atoms with van der Waals surface area (Å²) < 4.78 is 31.1. The Labute approximate surface area is 143 Å². The van der Waals surface area contributed by atoms with E-state index in [0.717, 1.165) is 0 Å². The molecule has 25 heavy (non-hydrogen) atoms. The molecule has 1 aliphatic rings. The summed E-state index contributed by atoms with van der Waals surface area (Å²) in [6, 6.07) is 8.00. The van der Waals surface area contributed by atoms with Gasteiger partial charge in [-0.25, -0.2) is 8.78 Å². The van der Waals surface area contributed by atoms with Gasteiger partial charge in [-0.05, 0) is 31.9 Å². The molecule has 0 spiro atoms. The lowest BCUT2D eigenvalue weighted by atomic mass is 9.76. The summed E-state index contributed by atoms with van der Waals surface area (Å²) in [7, 11) is 0. The molecule has 1 aromatic carbocycles. The Hall–Kier alpha value is -2.35. The van der Waals surface area contributed by atoms with Gasteiger partial charge >= 0.3 is 0 Å². The second kappa shape index (κ2) is 6.18. The summed E-state index contributed by atoms with van der Waals surface area (Å²) in [5, 5.41) is 6.69. The first-order chi connectivity index (χ1) is 11.7. The number of nitrogens with zero attached hydrogens (tertiary/aromatic N) is 2. The van der Waals surface area contributed by atoms with Gasteiger partial charge in [-0.1, -0.05) is 23.4 Å². The Morgan fingerprint density at radius 2 is 2.00 bits per heavy atom. The third kappa shape index (κ3) is 3.68. The van der Waals surface area contributed by atoms with Crippen LogP contribution >= 0.6 is 0 Å². The SMILES string of the molecule is CC(C)(NC(=O)c1ccccc1)c1noc(C(N)C2CC(F)(F)C2)n1. The molecule has 3 N–H and O–H groups in total. The van der Waals surface area contributed by atoms with E-state index in [9.17, 15) is 13.6 Å². The molecule has 3 rings (SSSR count). The molecule has 1 aliphatic carbocycles. The molecule has 1 heterocycles. The third-order valence-electron chi connectivity index (χ3n) is 4.38. The van der Waals surface area contributed by atoms with Crippen LogP contribution in [0.25, 0.3) is 0 Å². The fourth-order valence-corrected chi connectivity index (χ4v) is 2.79. The number of rotatable bonds is 5. The van der Waals surface area contributed by atoms with Gasteiger partial charge < -0.3 is 15.6 Å². The van der Waals surface area contributed by atoms with Crippen LogP contribution in [0.3, 0.4) is 0 Å². The normalized spacial score (nSPS) is 18.4. The first-order valence-corrected chi connectivity index (χ1v) is 8.03. The highest BCUT2D eigenvalue weighted by molar-refractivity contribution is 5.94. The van der Waals surface area contributed by atoms with Crippen molar-refractivity contribution in [3.8, 4) is 0 Å². The third-order valence-corrected chi connectivity index (χ3v) is 4.38. The molecule has 0 radical (unpaired) electrons. The summed E-state index contributed by atoms with van der Waals surface area (Å²) in [4.78, 5) is 16.5. The Kier molecular flexibility index (Phi) is 4.32. The Morgan fingerprint density at radius 3 is 2.60 bits per heavy atom. The van der Waals surface area contributed by atoms with Crippen molar-refractivity contribution in [1.29, 1.82) is 0 Å². The standard InChI is InChI=1S/C17H20F2N4O2/c1-16(2,22-13(24)10-6-4-3-5-7-10)15-21-14(25-23-15)12(20)11-8-17(18,19)9-11/h3-7,11-12H,8-9,20H2,1-2H3,(H,22,24). The number of halogens is 2. The lowest BCUT2D eigenvalue weighted by molar-refractivity contribution is -0.118. The van der Waals surface area contributed by atoms with E-state index in [1.54, 1.807) is 38.1 Å². The second-order valence-corrected chi connectivity index (χ2v) is 6.95. The second-order valence-electron chi connectivity index (χ2n) is 6.95. The molecule has 1 fully saturated rings. The van der Waals surface area contributed by atoms with Crippen LogP contribution < -0.4 is 11.1 Å². The maximum Gasteiger partial charge on any atom is 0.252 e. The maximum atomic E-state index is 13.0. The zero-order valence-electron chi connectivity index (χ0n) is 14.0. The van der Waals surface area contributed by atoms with Crippen LogP contribution in [-0.4, -0.2) is 22.0 Å². The summed E-state index contributed by atoms with van der Waals surface area (Å²) >= 11 is 0. The number of hydrogen-bond acceptors (Lipinski definition) is 5. The van der Waals surface area contributed by atoms with Crippen LogP contribution in [0.4, 0.5) is 8.78 Å².